The highest BCUT2D eigenvalue weighted by Gasteiger charge is 2.62. The minimum atomic E-state index is 0.105. The Kier molecular flexibility index (Phi) is 16.2. The van der Waals surface area contributed by atoms with Crippen molar-refractivity contribution in [3.63, 3.8) is 0 Å². The van der Waals surface area contributed by atoms with Crippen LogP contribution in [0.5, 0.6) is 0 Å². The Bertz CT molecular complexity index is 921. The van der Waals surface area contributed by atoms with E-state index in [4.69, 9.17) is 4.74 Å². The number of esters is 1. The highest BCUT2D eigenvalue weighted by atomic mass is 16.5. The van der Waals surface area contributed by atoms with E-state index in [-0.39, 0.29) is 17.5 Å². The largest absolute Gasteiger partial charge is 0.462 e. The van der Waals surface area contributed by atoms with Crippen LogP contribution >= 0.6 is 0 Å². The molecule has 2 nitrogen and oxygen atoms in total. The molecule has 0 bridgehead atoms. The monoisotopic (exact) mass is 653 g/mol. The molecule has 4 fully saturated rings. The van der Waals surface area contributed by atoms with Crippen molar-refractivity contribution in [1.29, 1.82) is 0 Å². The fraction of sp³-hybridized carbons (Fsp3) is 0.933. The molecule has 0 amide bonds. The average Bonchev–Trinajstić information content (AvgIpc) is 3.40. The first-order valence-corrected chi connectivity index (χ1v) is 21.6. The second-order valence-electron chi connectivity index (χ2n) is 18.3. The summed E-state index contributed by atoms with van der Waals surface area (Å²) in [6, 6.07) is 0. The van der Waals surface area contributed by atoms with Crippen molar-refractivity contribution in [2.75, 3.05) is 0 Å². The summed E-state index contributed by atoms with van der Waals surface area (Å²) < 4.78 is 6.54. The molecule has 0 aromatic carbocycles. The molecule has 4 aliphatic rings. The van der Waals surface area contributed by atoms with Crippen LogP contribution in [0, 0.1) is 52.3 Å². The van der Waals surface area contributed by atoms with Gasteiger partial charge in [0.1, 0.15) is 6.10 Å². The third-order valence-corrected chi connectivity index (χ3v) is 14.8. The van der Waals surface area contributed by atoms with Gasteiger partial charge in [0.25, 0.3) is 0 Å². The van der Waals surface area contributed by atoms with Crippen molar-refractivity contribution in [2.45, 2.75) is 215 Å². The molecular formula is C45H80O2. The summed E-state index contributed by atoms with van der Waals surface area (Å²) in [4.78, 5) is 13.3. The maximum Gasteiger partial charge on any atom is 0.306 e. The Morgan fingerprint density at radius 2 is 1.40 bits per heavy atom. The van der Waals surface area contributed by atoms with Crippen LogP contribution in [-0.4, -0.2) is 12.1 Å². The normalized spacial score (nSPS) is 34.3. The zero-order valence-electron chi connectivity index (χ0n) is 32.5. The van der Waals surface area contributed by atoms with E-state index in [2.05, 4.69) is 53.7 Å². The van der Waals surface area contributed by atoms with Gasteiger partial charge < -0.3 is 4.74 Å². The van der Waals surface area contributed by atoms with Crippen LogP contribution in [0.25, 0.3) is 0 Å². The van der Waals surface area contributed by atoms with E-state index in [0.717, 1.165) is 54.3 Å². The molecule has 272 valence electrons. The zero-order valence-corrected chi connectivity index (χ0v) is 32.5. The van der Waals surface area contributed by atoms with E-state index in [1.165, 1.54) is 148 Å². The van der Waals surface area contributed by atoms with Crippen LogP contribution in [0.15, 0.2) is 12.2 Å². The third kappa shape index (κ3) is 10.4. The molecule has 4 rings (SSSR count). The first kappa shape index (κ1) is 39.0. The predicted octanol–water partition coefficient (Wildman–Crippen LogP) is 14.1. The van der Waals surface area contributed by atoms with Crippen molar-refractivity contribution < 1.29 is 9.53 Å². The molecule has 4 saturated carbocycles. The van der Waals surface area contributed by atoms with Crippen LogP contribution in [0.2, 0.25) is 0 Å². The van der Waals surface area contributed by atoms with Gasteiger partial charge in [0.2, 0.25) is 0 Å². The van der Waals surface area contributed by atoms with Gasteiger partial charge in [-0.05, 0) is 137 Å². The smallest absolute Gasteiger partial charge is 0.306 e. The van der Waals surface area contributed by atoms with E-state index < -0.39 is 0 Å². The molecule has 0 heterocycles. The minimum absolute atomic E-state index is 0.105. The average molecular weight is 653 g/mol. The summed E-state index contributed by atoms with van der Waals surface area (Å²) in [6.45, 7) is 14.9. The van der Waals surface area contributed by atoms with Gasteiger partial charge in [0.05, 0.1) is 0 Å². The van der Waals surface area contributed by atoms with Gasteiger partial charge in [-0.25, -0.2) is 0 Å². The molecule has 9 atom stereocenters. The molecule has 0 aliphatic heterocycles. The zero-order chi connectivity index (χ0) is 33.7. The van der Waals surface area contributed by atoms with Gasteiger partial charge in [-0.3, -0.25) is 4.79 Å². The lowest BCUT2D eigenvalue weighted by Gasteiger charge is -2.62. The molecule has 4 aliphatic carbocycles. The van der Waals surface area contributed by atoms with Crippen LogP contribution in [0.4, 0.5) is 0 Å². The van der Waals surface area contributed by atoms with Crippen molar-refractivity contribution >= 4 is 5.97 Å². The van der Waals surface area contributed by atoms with E-state index in [1.54, 1.807) is 0 Å². The van der Waals surface area contributed by atoms with Gasteiger partial charge in [-0.2, -0.15) is 0 Å². The Morgan fingerprint density at radius 1 is 0.723 bits per heavy atom. The maximum atomic E-state index is 13.3. The molecule has 47 heavy (non-hydrogen) atoms. The fourth-order valence-corrected chi connectivity index (χ4v) is 12.1. The lowest BCUT2D eigenvalue weighted by Crippen LogP contribution is -2.58. The van der Waals surface area contributed by atoms with Gasteiger partial charge in [-0.15, -0.1) is 0 Å². The molecular weight excluding hydrogens is 572 g/mol. The van der Waals surface area contributed by atoms with E-state index in [1.807, 2.05) is 0 Å². The Balaban J connectivity index is 1.18. The lowest BCUT2D eigenvalue weighted by molar-refractivity contribution is -0.192. The van der Waals surface area contributed by atoms with Gasteiger partial charge >= 0.3 is 5.97 Å². The highest BCUT2D eigenvalue weighted by molar-refractivity contribution is 5.69. The quantitative estimate of drug-likeness (QED) is 0.0700. The summed E-state index contributed by atoms with van der Waals surface area (Å²) in [5.41, 5.74) is 0.730. The fourth-order valence-electron chi connectivity index (χ4n) is 12.1. The third-order valence-electron chi connectivity index (χ3n) is 14.8. The van der Waals surface area contributed by atoms with Crippen molar-refractivity contribution in [3.05, 3.63) is 12.2 Å². The Labute approximate surface area is 293 Å². The number of allylic oxidation sites excluding steroid dienone is 2. The van der Waals surface area contributed by atoms with Crippen LogP contribution in [-0.2, 0) is 9.53 Å². The number of rotatable bonds is 21. The van der Waals surface area contributed by atoms with Gasteiger partial charge in [-0.1, -0.05) is 124 Å². The molecule has 0 radical (unpaired) electrons. The molecule has 2 unspecified atom stereocenters. The molecule has 0 N–H and O–H groups in total. The summed E-state index contributed by atoms with van der Waals surface area (Å²) in [5, 5.41) is 0. The van der Waals surface area contributed by atoms with Gasteiger partial charge in [0, 0.05) is 11.8 Å². The predicted molar refractivity (Wildman–Crippen MR) is 202 cm³/mol. The second kappa shape index (κ2) is 19.6. The molecule has 2 heteroatoms. The van der Waals surface area contributed by atoms with E-state index >= 15 is 0 Å². The minimum Gasteiger partial charge on any atom is -0.462 e. The topological polar surface area (TPSA) is 26.3 Å². The maximum absolute atomic E-state index is 13.3. The van der Waals surface area contributed by atoms with Crippen LogP contribution in [0.3, 0.4) is 0 Å². The first-order chi connectivity index (χ1) is 22.7. The first-order valence-electron chi connectivity index (χ1n) is 21.6. The number of hydrogen-bond donors (Lipinski definition) is 0. The molecule has 0 aromatic rings. The highest BCUT2D eigenvalue weighted by Crippen LogP contribution is 2.68. The Hall–Kier alpha value is -0.790. The van der Waals surface area contributed by atoms with E-state index in [9.17, 15) is 4.79 Å². The lowest BCUT2D eigenvalue weighted by atomic mass is 9.44. The number of carbonyl (C=O) groups is 1. The molecule has 0 saturated heterocycles. The summed E-state index contributed by atoms with van der Waals surface area (Å²) in [6.07, 6.45) is 38.9. The number of ether oxygens (including phenoxy) is 1. The van der Waals surface area contributed by atoms with Crippen molar-refractivity contribution in [1.82, 2.24) is 0 Å². The van der Waals surface area contributed by atoms with Crippen LogP contribution in [0.1, 0.15) is 208 Å². The SMILES string of the molecule is CCCCCCCC/C=C/CCCCCCCC(=O)OC1CCCC2CC[C@@H]3[C@H](CC[C@]4(C)[C@@H]([C@H](C)CCCC(C)C)CC[C@@H]34)[C@]21C. The standard InChI is InChI=1S/C45H80O2/c1-7-8-9-10-11-12-13-14-15-16-17-18-19-20-21-28-43(46)47-42-27-23-26-37-29-30-38-40-32-31-39(36(4)25-22-24-35(2)3)44(40,5)34-33-41(38)45(37,42)6/h14-15,35-42H,7-13,16-34H2,1-6H3/b15-14+/t36-,37?,38+,39-,40+,41+,42?,44-,45+/m1/s1. The summed E-state index contributed by atoms with van der Waals surface area (Å²) in [7, 11) is 0. The number of fused-ring (bicyclic) bond motifs is 5. The van der Waals surface area contributed by atoms with Gasteiger partial charge in [0.15, 0.2) is 0 Å². The van der Waals surface area contributed by atoms with Crippen LogP contribution < -0.4 is 0 Å². The summed E-state index contributed by atoms with van der Waals surface area (Å²) >= 11 is 0. The molecule has 0 aromatic heterocycles. The molecule has 0 spiro atoms. The van der Waals surface area contributed by atoms with Crippen molar-refractivity contribution in [3.8, 4) is 0 Å². The number of carbonyl (C=O) groups excluding carboxylic acids is 1. The van der Waals surface area contributed by atoms with E-state index in [0.29, 0.717) is 11.8 Å². The second-order valence-corrected chi connectivity index (χ2v) is 18.3. The summed E-state index contributed by atoms with van der Waals surface area (Å²) in [5.74, 6) is 5.98. The van der Waals surface area contributed by atoms with Crippen molar-refractivity contribution in [2.24, 2.45) is 52.3 Å². The Morgan fingerprint density at radius 3 is 2.11 bits per heavy atom. The number of unbranched alkanes of at least 4 members (excludes halogenated alkanes) is 11. The number of hydrogen-bond acceptors (Lipinski definition) is 2.